The second kappa shape index (κ2) is 8.52. The van der Waals surface area contributed by atoms with Crippen LogP contribution >= 0.6 is 27.3 Å². The van der Waals surface area contributed by atoms with Crippen LogP contribution in [0.5, 0.6) is 11.5 Å². The first-order valence-corrected chi connectivity index (χ1v) is 12.3. The molecule has 0 aliphatic heterocycles. The zero-order valence-corrected chi connectivity index (χ0v) is 20.2. The van der Waals surface area contributed by atoms with Crippen molar-refractivity contribution in [1.29, 1.82) is 0 Å². The first-order chi connectivity index (χ1) is 14.8. The smallest absolute Gasteiger partial charge is 0.266 e. The highest BCUT2D eigenvalue weighted by Crippen LogP contribution is 2.39. The van der Waals surface area contributed by atoms with Crippen molar-refractivity contribution < 1.29 is 22.4 Å². The van der Waals surface area contributed by atoms with E-state index in [-0.39, 0.29) is 10.8 Å². The van der Waals surface area contributed by atoms with Crippen molar-refractivity contribution in [2.24, 2.45) is 0 Å². The molecule has 7 nitrogen and oxygen atoms in total. The average Bonchev–Trinajstić information content (AvgIpc) is 3.28. The molecule has 0 spiro atoms. The first kappa shape index (κ1) is 21.7. The molecule has 0 aliphatic carbocycles. The van der Waals surface area contributed by atoms with Crippen LogP contribution in [-0.2, 0) is 16.4 Å². The molecule has 2 heterocycles. The van der Waals surface area contributed by atoms with Crippen molar-refractivity contribution in [3.05, 3.63) is 63.1 Å². The summed E-state index contributed by atoms with van der Waals surface area (Å²) in [7, 11) is -0.804. The Kier molecular flexibility index (Phi) is 5.96. The predicted octanol–water partition coefficient (Wildman–Crippen LogP) is 5.37. The zero-order chi connectivity index (χ0) is 22.2. The molecule has 0 unspecified atom stereocenters. The number of nitrogens with one attached hydrogen (secondary N) is 1. The molecule has 0 radical (unpaired) electrons. The number of halogens is 1. The minimum absolute atomic E-state index is 0.0462. The molecule has 4 rings (SSSR count). The van der Waals surface area contributed by atoms with E-state index in [9.17, 15) is 8.42 Å². The van der Waals surface area contributed by atoms with E-state index in [1.54, 1.807) is 27.2 Å². The Morgan fingerprint density at radius 1 is 1.13 bits per heavy atom. The maximum atomic E-state index is 13.4. The summed E-state index contributed by atoms with van der Waals surface area (Å²) in [5.74, 6) is 1.25. The molecule has 31 heavy (non-hydrogen) atoms. The zero-order valence-electron chi connectivity index (χ0n) is 16.9. The molecular weight excluding hydrogens is 504 g/mol. The number of hydrogen-bond acceptors (Lipinski definition) is 7. The molecule has 0 atom stereocenters. The third-order valence-corrected chi connectivity index (χ3v) is 8.41. The van der Waals surface area contributed by atoms with E-state index in [0.29, 0.717) is 38.3 Å². The standard InChI is InChI=1S/C21H19BrN2O5S2/c1-12-19(22)21(29-23-12)24-31(25,26)20-14-6-4-5-7-17(14)30-18(20)11-13-8-9-15(27-2)16(10-13)28-3/h4-10,24H,11H2,1-3H3. The third-order valence-electron chi connectivity index (χ3n) is 4.72. The molecular formula is C21H19BrN2O5S2. The Labute approximate surface area is 192 Å². The lowest BCUT2D eigenvalue weighted by Gasteiger charge is -2.11. The minimum Gasteiger partial charge on any atom is -0.493 e. The summed E-state index contributed by atoms with van der Waals surface area (Å²) >= 11 is 4.75. The number of nitrogens with zero attached hydrogens (tertiary/aromatic N) is 1. The van der Waals surface area contributed by atoms with Gasteiger partial charge in [0.25, 0.3) is 15.9 Å². The molecule has 0 bridgehead atoms. The second-order valence-corrected chi connectivity index (χ2v) is 10.3. The largest absolute Gasteiger partial charge is 0.493 e. The van der Waals surface area contributed by atoms with Crippen LogP contribution in [0.4, 0.5) is 5.88 Å². The van der Waals surface area contributed by atoms with Gasteiger partial charge < -0.3 is 14.0 Å². The number of aromatic nitrogens is 1. The van der Waals surface area contributed by atoms with Crippen LogP contribution in [0, 0.1) is 6.92 Å². The molecule has 4 aromatic rings. The van der Waals surface area contributed by atoms with Gasteiger partial charge in [0, 0.05) is 21.4 Å². The third kappa shape index (κ3) is 4.15. The van der Waals surface area contributed by atoms with Crippen LogP contribution in [0.2, 0.25) is 0 Å². The van der Waals surface area contributed by atoms with Crippen LogP contribution in [0.3, 0.4) is 0 Å². The van der Waals surface area contributed by atoms with Crippen molar-refractivity contribution >= 4 is 53.3 Å². The molecule has 10 heteroatoms. The van der Waals surface area contributed by atoms with Crippen LogP contribution in [-0.4, -0.2) is 27.8 Å². The van der Waals surface area contributed by atoms with Gasteiger partial charge in [-0.25, -0.2) is 13.1 Å². The fourth-order valence-corrected chi connectivity index (χ4v) is 6.61. The molecule has 0 saturated heterocycles. The van der Waals surface area contributed by atoms with Crippen molar-refractivity contribution in [2.75, 3.05) is 18.9 Å². The Morgan fingerprint density at radius 3 is 2.55 bits per heavy atom. The lowest BCUT2D eigenvalue weighted by Crippen LogP contribution is -2.14. The summed E-state index contributed by atoms with van der Waals surface area (Å²) in [6.07, 6.45) is 0.409. The van der Waals surface area contributed by atoms with E-state index in [1.165, 1.54) is 11.3 Å². The van der Waals surface area contributed by atoms with Gasteiger partial charge in [-0.3, -0.25) is 0 Å². The summed E-state index contributed by atoms with van der Waals surface area (Å²) < 4.78 is 46.5. The molecule has 0 fully saturated rings. The van der Waals surface area contributed by atoms with Gasteiger partial charge in [0.15, 0.2) is 11.5 Å². The molecule has 1 N–H and O–H groups in total. The monoisotopic (exact) mass is 522 g/mol. The van der Waals surface area contributed by atoms with E-state index in [2.05, 4.69) is 25.8 Å². The van der Waals surface area contributed by atoms with Gasteiger partial charge in [-0.1, -0.05) is 29.4 Å². The van der Waals surface area contributed by atoms with Gasteiger partial charge in [-0.2, -0.15) is 0 Å². The summed E-state index contributed by atoms with van der Waals surface area (Å²) in [6, 6.07) is 13.0. The predicted molar refractivity (Wildman–Crippen MR) is 124 cm³/mol. The van der Waals surface area contributed by atoms with Gasteiger partial charge in [0.2, 0.25) is 0 Å². The van der Waals surface area contributed by atoms with E-state index in [4.69, 9.17) is 14.0 Å². The van der Waals surface area contributed by atoms with Crippen LogP contribution in [0.1, 0.15) is 16.1 Å². The van der Waals surface area contributed by atoms with Crippen LogP contribution in [0.15, 0.2) is 56.4 Å². The number of anilines is 1. The van der Waals surface area contributed by atoms with Gasteiger partial charge in [0.05, 0.1) is 19.9 Å². The van der Waals surface area contributed by atoms with Crippen LogP contribution in [0.25, 0.3) is 10.1 Å². The van der Waals surface area contributed by atoms with Gasteiger partial charge in [-0.05, 0) is 46.6 Å². The number of aryl methyl sites for hydroxylation is 1. The van der Waals surface area contributed by atoms with Gasteiger partial charge in [0.1, 0.15) is 9.37 Å². The number of methoxy groups -OCH3 is 2. The highest BCUT2D eigenvalue weighted by molar-refractivity contribution is 9.10. The number of hydrogen-bond donors (Lipinski definition) is 1. The quantitative estimate of drug-likeness (QED) is 0.350. The Balaban J connectivity index is 1.80. The number of sulfonamides is 1. The lowest BCUT2D eigenvalue weighted by molar-refractivity contribution is 0.354. The van der Waals surface area contributed by atoms with E-state index in [0.717, 1.165) is 10.3 Å². The number of thiophene rings is 1. The topological polar surface area (TPSA) is 90.7 Å². The van der Waals surface area contributed by atoms with E-state index in [1.807, 2.05) is 36.4 Å². The summed E-state index contributed by atoms with van der Waals surface area (Å²) in [4.78, 5) is 0.928. The highest BCUT2D eigenvalue weighted by Gasteiger charge is 2.27. The molecule has 0 aliphatic rings. The Bertz CT molecular complexity index is 1360. The van der Waals surface area contributed by atoms with Crippen molar-refractivity contribution in [1.82, 2.24) is 5.16 Å². The number of ether oxygens (including phenoxy) is 2. The molecule has 0 amide bonds. The van der Waals surface area contributed by atoms with Crippen LogP contribution < -0.4 is 14.2 Å². The fraction of sp³-hybridized carbons (Fsp3) is 0.190. The summed E-state index contributed by atoms with van der Waals surface area (Å²) in [5, 5.41) is 4.45. The number of benzene rings is 2. The minimum atomic E-state index is -3.94. The number of fused-ring (bicyclic) bond motifs is 1. The summed E-state index contributed by atoms with van der Waals surface area (Å²) in [5.41, 5.74) is 1.45. The van der Waals surface area contributed by atoms with Gasteiger partial charge >= 0.3 is 0 Å². The molecule has 0 saturated carbocycles. The SMILES string of the molecule is COc1ccc(Cc2sc3ccccc3c2S(=O)(=O)Nc2onc(C)c2Br)cc1OC. The fourth-order valence-electron chi connectivity index (χ4n) is 3.25. The number of rotatable bonds is 7. The van der Waals surface area contributed by atoms with E-state index < -0.39 is 10.0 Å². The molecule has 2 aromatic carbocycles. The van der Waals surface area contributed by atoms with Crippen molar-refractivity contribution in [3.63, 3.8) is 0 Å². The maximum Gasteiger partial charge on any atom is 0.266 e. The Morgan fingerprint density at radius 2 is 1.87 bits per heavy atom. The van der Waals surface area contributed by atoms with E-state index >= 15 is 0 Å². The highest BCUT2D eigenvalue weighted by atomic mass is 79.9. The normalized spacial score (nSPS) is 11.6. The lowest BCUT2D eigenvalue weighted by atomic mass is 10.1. The maximum absolute atomic E-state index is 13.4. The van der Waals surface area contributed by atoms with Gasteiger partial charge in [-0.15, -0.1) is 11.3 Å². The van der Waals surface area contributed by atoms with Crippen molar-refractivity contribution in [3.8, 4) is 11.5 Å². The average molecular weight is 523 g/mol. The summed E-state index contributed by atoms with van der Waals surface area (Å²) in [6.45, 7) is 1.72. The second-order valence-electron chi connectivity index (χ2n) is 6.73. The first-order valence-electron chi connectivity index (χ1n) is 9.20. The molecule has 2 aromatic heterocycles. The van der Waals surface area contributed by atoms with Crippen molar-refractivity contribution in [2.45, 2.75) is 18.2 Å². The molecule has 162 valence electrons. The Hall–Kier alpha value is -2.56.